The molecule has 1 atom stereocenters. The van der Waals surface area contributed by atoms with Crippen LogP contribution in [-0.2, 0) is 16.0 Å². The van der Waals surface area contributed by atoms with E-state index < -0.39 is 11.9 Å². The minimum absolute atomic E-state index is 0.0386. The Morgan fingerprint density at radius 3 is 2.53 bits per heavy atom. The summed E-state index contributed by atoms with van der Waals surface area (Å²) in [4.78, 5) is 21.5. The Bertz CT molecular complexity index is 412. The van der Waals surface area contributed by atoms with Crippen molar-refractivity contribution in [3.63, 3.8) is 0 Å². The molecular weight excluding hydrogens is 218 g/mol. The van der Waals surface area contributed by atoms with Crippen LogP contribution in [-0.4, -0.2) is 23.0 Å². The highest BCUT2D eigenvalue weighted by atomic mass is 16.4. The van der Waals surface area contributed by atoms with Gasteiger partial charge in [-0.05, 0) is 18.9 Å². The Labute approximate surface area is 100.0 Å². The van der Waals surface area contributed by atoms with Crippen molar-refractivity contribution in [1.29, 1.82) is 0 Å². The summed E-state index contributed by atoms with van der Waals surface area (Å²) in [5, 5.41) is 11.1. The number of carbonyl (C=O) groups is 2. The van der Waals surface area contributed by atoms with Gasteiger partial charge in [0.15, 0.2) is 0 Å². The topological polar surface area (TPSA) is 66.4 Å². The Balaban J connectivity index is 2.42. The lowest BCUT2D eigenvalue weighted by Crippen LogP contribution is -2.32. The molecule has 4 nitrogen and oxygen atoms in total. The van der Waals surface area contributed by atoms with Gasteiger partial charge in [0.25, 0.3) is 0 Å². The van der Waals surface area contributed by atoms with Crippen molar-refractivity contribution in [2.45, 2.75) is 19.4 Å². The maximum Gasteiger partial charge on any atom is 0.328 e. The number of carboxylic acid groups (broad SMARTS) is 1. The minimum Gasteiger partial charge on any atom is -0.478 e. The molecule has 0 aliphatic rings. The van der Waals surface area contributed by atoms with Gasteiger partial charge in [0.1, 0.15) is 0 Å². The first kappa shape index (κ1) is 13.0. The fourth-order valence-electron chi connectivity index (χ4n) is 1.46. The lowest BCUT2D eigenvalue weighted by atomic mass is 10.1. The van der Waals surface area contributed by atoms with Gasteiger partial charge in [-0.25, -0.2) is 4.79 Å². The fourth-order valence-corrected chi connectivity index (χ4v) is 1.46. The molecule has 0 aromatic heterocycles. The molecule has 1 aromatic carbocycles. The molecule has 0 saturated heterocycles. The molecule has 0 unspecified atom stereocenters. The smallest absolute Gasteiger partial charge is 0.328 e. The number of rotatable bonds is 5. The van der Waals surface area contributed by atoms with E-state index >= 15 is 0 Å². The minimum atomic E-state index is -1.13. The van der Waals surface area contributed by atoms with E-state index in [1.807, 2.05) is 37.3 Å². The summed E-state index contributed by atoms with van der Waals surface area (Å²) in [5.41, 5.74) is 1.13. The maximum absolute atomic E-state index is 11.3. The summed E-state index contributed by atoms with van der Waals surface area (Å²) in [7, 11) is 0. The predicted molar refractivity (Wildman–Crippen MR) is 64.5 cm³/mol. The SMILES string of the molecule is C[C@H](Cc1ccccc1)NC(=O)/C=C\C(=O)O. The van der Waals surface area contributed by atoms with Gasteiger partial charge in [-0.15, -0.1) is 0 Å². The van der Waals surface area contributed by atoms with Gasteiger partial charge in [0.05, 0.1) is 0 Å². The van der Waals surface area contributed by atoms with E-state index in [1.165, 1.54) is 0 Å². The van der Waals surface area contributed by atoms with Crippen LogP contribution in [0.5, 0.6) is 0 Å². The fraction of sp³-hybridized carbons (Fsp3) is 0.231. The summed E-state index contributed by atoms with van der Waals surface area (Å²) in [6.07, 6.45) is 2.56. The number of carbonyl (C=O) groups excluding carboxylic acids is 1. The van der Waals surface area contributed by atoms with Crippen LogP contribution >= 0.6 is 0 Å². The maximum atomic E-state index is 11.3. The van der Waals surface area contributed by atoms with Crippen LogP contribution < -0.4 is 5.32 Å². The van der Waals surface area contributed by atoms with Crippen molar-refractivity contribution in [2.75, 3.05) is 0 Å². The molecule has 0 aliphatic heterocycles. The van der Waals surface area contributed by atoms with E-state index in [4.69, 9.17) is 5.11 Å². The third-order valence-electron chi connectivity index (χ3n) is 2.15. The second-order valence-electron chi connectivity index (χ2n) is 3.77. The molecule has 1 amide bonds. The van der Waals surface area contributed by atoms with E-state index in [1.54, 1.807) is 0 Å². The zero-order chi connectivity index (χ0) is 12.7. The molecule has 1 aromatic rings. The average molecular weight is 233 g/mol. The molecule has 0 radical (unpaired) electrons. The van der Waals surface area contributed by atoms with Gasteiger partial charge in [-0.3, -0.25) is 4.79 Å². The third kappa shape index (κ3) is 5.51. The number of nitrogens with one attached hydrogen (secondary N) is 1. The van der Waals surface area contributed by atoms with Gasteiger partial charge >= 0.3 is 5.97 Å². The van der Waals surface area contributed by atoms with Crippen molar-refractivity contribution in [3.8, 4) is 0 Å². The standard InChI is InChI=1S/C13H15NO3/c1-10(9-11-5-3-2-4-6-11)14-12(15)7-8-13(16)17/h2-8,10H,9H2,1H3,(H,14,15)(H,16,17)/b8-7-/t10-/m1/s1. The second kappa shape index (κ2) is 6.48. The van der Waals surface area contributed by atoms with Crippen molar-refractivity contribution in [1.82, 2.24) is 5.32 Å². The number of hydrogen-bond donors (Lipinski definition) is 2. The molecule has 0 spiro atoms. The first-order chi connectivity index (χ1) is 8.08. The third-order valence-corrected chi connectivity index (χ3v) is 2.15. The zero-order valence-corrected chi connectivity index (χ0v) is 9.59. The van der Waals surface area contributed by atoms with E-state index in [0.29, 0.717) is 6.42 Å². The van der Waals surface area contributed by atoms with Gasteiger partial charge in [0.2, 0.25) is 5.91 Å². The summed E-state index contributed by atoms with van der Waals surface area (Å²) in [6, 6.07) is 9.74. The molecule has 2 N–H and O–H groups in total. The van der Waals surface area contributed by atoms with E-state index in [2.05, 4.69) is 5.32 Å². The summed E-state index contributed by atoms with van der Waals surface area (Å²) in [5.74, 6) is -1.52. The molecule has 17 heavy (non-hydrogen) atoms. The molecular formula is C13H15NO3. The number of benzene rings is 1. The molecule has 0 heterocycles. The van der Waals surface area contributed by atoms with Crippen LogP contribution in [0.15, 0.2) is 42.5 Å². The first-order valence-electron chi connectivity index (χ1n) is 5.33. The van der Waals surface area contributed by atoms with Gasteiger partial charge in [-0.1, -0.05) is 30.3 Å². The Morgan fingerprint density at radius 2 is 1.94 bits per heavy atom. The number of aliphatic carboxylic acids is 1. The van der Waals surface area contributed by atoms with Gasteiger partial charge < -0.3 is 10.4 Å². The predicted octanol–water partition coefficient (Wildman–Crippen LogP) is 1.37. The van der Waals surface area contributed by atoms with Crippen LogP contribution in [0.2, 0.25) is 0 Å². The van der Waals surface area contributed by atoms with Crippen LogP contribution in [0.4, 0.5) is 0 Å². The first-order valence-corrected chi connectivity index (χ1v) is 5.33. The molecule has 0 bridgehead atoms. The van der Waals surface area contributed by atoms with E-state index in [-0.39, 0.29) is 6.04 Å². The van der Waals surface area contributed by atoms with Crippen LogP contribution in [0.3, 0.4) is 0 Å². The Morgan fingerprint density at radius 1 is 1.29 bits per heavy atom. The van der Waals surface area contributed by atoms with Crippen molar-refractivity contribution in [3.05, 3.63) is 48.0 Å². The van der Waals surface area contributed by atoms with Crippen molar-refractivity contribution >= 4 is 11.9 Å². The Hall–Kier alpha value is -2.10. The largest absolute Gasteiger partial charge is 0.478 e. The number of carboxylic acids is 1. The van der Waals surface area contributed by atoms with E-state index in [9.17, 15) is 9.59 Å². The quantitative estimate of drug-likeness (QED) is 0.755. The lowest BCUT2D eigenvalue weighted by Gasteiger charge is -2.12. The van der Waals surface area contributed by atoms with Crippen LogP contribution in [0.1, 0.15) is 12.5 Å². The molecule has 1 rings (SSSR count). The molecule has 0 aliphatic carbocycles. The lowest BCUT2D eigenvalue weighted by molar-refractivity contribution is -0.131. The monoisotopic (exact) mass is 233 g/mol. The summed E-state index contributed by atoms with van der Waals surface area (Å²) < 4.78 is 0. The zero-order valence-electron chi connectivity index (χ0n) is 9.59. The summed E-state index contributed by atoms with van der Waals surface area (Å²) in [6.45, 7) is 1.87. The van der Waals surface area contributed by atoms with Crippen LogP contribution in [0.25, 0.3) is 0 Å². The normalized spacial score (nSPS) is 12.3. The second-order valence-corrected chi connectivity index (χ2v) is 3.77. The summed E-state index contributed by atoms with van der Waals surface area (Å²) >= 11 is 0. The van der Waals surface area contributed by atoms with Crippen LogP contribution in [0, 0.1) is 0 Å². The Kier molecular flexibility index (Phi) is 4.94. The van der Waals surface area contributed by atoms with Crippen molar-refractivity contribution in [2.24, 2.45) is 0 Å². The van der Waals surface area contributed by atoms with Gasteiger partial charge in [0, 0.05) is 18.2 Å². The molecule has 90 valence electrons. The molecule has 4 heteroatoms. The van der Waals surface area contributed by atoms with Crippen molar-refractivity contribution < 1.29 is 14.7 Å². The number of hydrogen-bond acceptors (Lipinski definition) is 2. The van der Waals surface area contributed by atoms with E-state index in [0.717, 1.165) is 17.7 Å². The highest BCUT2D eigenvalue weighted by Crippen LogP contribution is 2.02. The average Bonchev–Trinajstić information content (AvgIpc) is 2.27. The molecule has 0 fully saturated rings. The highest BCUT2D eigenvalue weighted by Gasteiger charge is 2.05. The van der Waals surface area contributed by atoms with Gasteiger partial charge in [-0.2, -0.15) is 0 Å². The molecule has 0 saturated carbocycles. The number of amides is 1. The highest BCUT2D eigenvalue weighted by molar-refractivity contribution is 5.93.